The highest BCUT2D eigenvalue weighted by molar-refractivity contribution is 6.00. The zero-order valence-corrected chi connectivity index (χ0v) is 15.5. The highest BCUT2D eigenvalue weighted by atomic mass is 16.5. The molecule has 5 heteroatoms. The van der Waals surface area contributed by atoms with Crippen LogP contribution in [-0.2, 0) is 4.79 Å². The first kappa shape index (κ1) is 17.6. The van der Waals surface area contributed by atoms with Crippen LogP contribution in [0.15, 0.2) is 48.5 Å². The lowest BCUT2D eigenvalue weighted by molar-refractivity contribution is -0.133. The van der Waals surface area contributed by atoms with Crippen LogP contribution in [0.4, 0.5) is 0 Å². The third-order valence-corrected chi connectivity index (χ3v) is 5.74. The molecule has 2 aliphatic rings. The predicted molar refractivity (Wildman–Crippen MR) is 104 cm³/mol. The smallest absolute Gasteiger partial charge is 0.254 e. The van der Waals surface area contributed by atoms with E-state index in [1.807, 2.05) is 48.5 Å². The van der Waals surface area contributed by atoms with Crippen molar-refractivity contribution in [2.45, 2.75) is 31.2 Å². The molecule has 2 fully saturated rings. The van der Waals surface area contributed by atoms with Gasteiger partial charge in [-0.1, -0.05) is 30.3 Å². The molecule has 140 valence electrons. The highest BCUT2D eigenvalue weighted by Crippen LogP contribution is 2.37. The lowest BCUT2D eigenvalue weighted by Crippen LogP contribution is -2.60. The molecule has 2 aromatic rings. The van der Waals surface area contributed by atoms with Gasteiger partial charge in [-0.3, -0.25) is 9.59 Å². The molecule has 0 bridgehead atoms. The van der Waals surface area contributed by atoms with Crippen LogP contribution in [0, 0.1) is 0 Å². The molecule has 0 radical (unpaired) electrons. The summed E-state index contributed by atoms with van der Waals surface area (Å²) in [6, 6.07) is 15.3. The largest absolute Gasteiger partial charge is 0.496 e. The molecule has 5 nitrogen and oxygen atoms in total. The number of benzene rings is 2. The number of para-hydroxylation sites is 1. The van der Waals surface area contributed by atoms with Gasteiger partial charge in [-0.05, 0) is 49.4 Å². The monoisotopic (exact) mass is 364 g/mol. The van der Waals surface area contributed by atoms with Crippen molar-refractivity contribution in [3.05, 3.63) is 54.1 Å². The molecule has 2 saturated heterocycles. The summed E-state index contributed by atoms with van der Waals surface area (Å²) in [4.78, 5) is 27.7. The molecule has 1 N–H and O–H groups in total. The topological polar surface area (TPSA) is 58.6 Å². The number of methoxy groups -OCH3 is 1. The maximum absolute atomic E-state index is 13.3. The number of piperidine rings is 1. The molecule has 1 unspecified atom stereocenters. The van der Waals surface area contributed by atoms with Gasteiger partial charge in [0.2, 0.25) is 5.91 Å². The molecule has 27 heavy (non-hydrogen) atoms. The number of ether oxygens (including phenoxy) is 1. The van der Waals surface area contributed by atoms with Crippen molar-refractivity contribution >= 4 is 11.8 Å². The quantitative estimate of drug-likeness (QED) is 0.910. The zero-order valence-electron chi connectivity index (χ0n) is 15.5. The first-order valence-corrected chi connectivity index (χ1v) is 9.49. The fourth-order valence-electron chi connectivity index (χ4n) is 4.39. The van der Waals surface area contributed by atoms with Gasteiger partial charge < -0.3 is 15.0 Å². The number of amides is 2. The van der Waals surface area contributed by atoms with Crippen molar-refractivity contribution in [3.8, 4) is 16.9 Å². The van der Waals surface area contributed by atoms with Crippen LogP contribution in [0.25, 0.3) is 11.1 Å². The molecule has 2 heterocycles. The first-order valence-electron chi connectivity index (χ1n) is 9.49. The summed E-state index contributed by atoms with van der Waals surface area (Å²) in [5.74, 6) is 0.702. The van der Waals surface area contributed by atoms with E-state index in [0.717, 1.165) is 42.6 Å². The summed E-state index contributed by atoms with van der Waals surface area (Å²) in [5, 5.41) is 2.95. The van der Waals surface area contributed by atoms with Crippen molar-refractivity contribution in [1.29, 1.82) is 0 Å². The normalized spacial score (nSPS) is 22.0. The van der Waals surface area contributed by atoms with Crippen LogP contribution in [0.3, 0.4) is 0 Å². The predicted octanol–water partition coefficient (Wildman–Crippen LogP) is 3.25. The second-order valence-electron chi connectivity index (χ2n) is 7.23. The van der Waals surface area contributed by atoms with Gasteiger partial charge in [-0.2, -0.15) is 0 Å². The summed E-state index contributed by atoms with van der Waals surface area (Å²) < 4.78 is 5.46. The summed E-state index contributed by atoms with van der Waals surface area (Å²) in [6.07, 6.45) is 3.27. The van der Waals surface area contributed by atoms with Gasteiger partial charge in [0.05, 0.1) is 7.11 Å². The lowest BCUT2D eigenvalue weighted by atomic mass is 9.86. The second-order valence-corrected chi connectivity index (χ2v) is 7.23. The van der Waals surface area contributed by atoms with E-state index in [-0.39, 0.29) is 11.8 Å². The van der Waals surface area contributed by atoms with E-state index < -0.39 is 5.54 Å². The average Bonchev–Trinajstić information content (AvgIpc) is 3.14. The Morgan fingerprint density at radius 2 is 1.93 bits per heavy atom. The van der Waals surface area contributed by atoms with Gasteiger partial charge in [-0.15, -0.1) is 0 Å². The van der Waals surface area contributed by atoms with Gasteiger partial charge in [0.1, 0.15) is 11.3 Å². The third kappa shape index (κ3) is 2.97. The lowest BCUT2D eigenvalue weighted by Gasteiger charge is -2.40. The number of hydrogen-bond acceptors (Lipinski definition) is 3. The number of rotatable bonds is 3. The van der Waals surface area contributed by atoms with E-state index in [2.05, 4.69) is 5.32 Å². The fourth-order valence-corrected chi connectivity index (χ4v) is 4.39. The Bertz CT molecular complexity index is 879. The van der Waals surface area contributed by atoms with E-state index >= 15 is 0 Å². The van der Waals surface area contributed by atoms with Crippen LogP contribution in [0.2, 0.25) is 0 Å². The SMILES string of the molecule is COc1ccccc1-c1cccc(C(=O)N2CCCC23CCCNC3=O)c1. The minimum Gasteiger partial charge on any atom is -0.496 e. The van der Waals surface area contributed by atoms with E-state index in [0.29, 0.717) is 18.7 Å². The minimum absolute atomic E-state index is 0.000447. The van der Waals surface area contributed by atoms with Gasteiger partial charge in [0, 0.05) is 24.2 Å². The van der Waals surface area contributed by atoms with Crippen LogP contribution in [0.1, 0.15) is 36.0 Å². The maximum atomic E-state index is 13.3. The van der Waals surface area contributed by atoms with Gasteiger partial charge in [0.15, 0.2) is 0 Å². The first-order chi connectivity index (χ1) is 13.2. The van der Waals surface area contributed by atoms with Crippen molar-refractivity contribution in [1.82, 2.24) is 10.2 Å². The van der Waals surface area contributed by atoms with E-state index in [1.54, 1.807) is 12.0 Å². The molecule has 2 amide bonds. The molecule has 0 aromatic heterocycles. The Morgan fingerprint density at radius 1 is 1.11 bits per heavy atom. The second kappa shape index (κ2) is 7.06. The van der Waals surface area contributed by atoms with E-state index in [1.165, 1.54) is 0 Å². The molecule has 1 atom stereocenters. The molecule has 2 aromatic carbocycles. The molecule has 0 saturated carbocycles. The molecule has 1 spiro atoms. The fraction of sp³-hybridized carbons (Fsp3) is 0.364. The number of likely N-dealkylation sites (tertiary alicyclic amines) is 1. The van der Waals surface area contributed by atoms with Crippen LogP contribution < -0.4 is 10.1 Å². The highest BCUT2D eigenvalue weighted by Gasteiger charge is 2.50. The van der Waals surface area contributed by atoms with E-state index in [9.17, 15) is 9.59 Å². The van der Waals surface area contributed by atoms with Gasteiger partial charge >= 0.3 is 0 Å². The minimum atomic E-state index is -0.671. The van der Waals surface area contributed by atoms with Crippen LogP contribution in [0.5, 0.6) is 5.75 Å². The maximum Gasteiger partial charge on any atom is 0.254 e. The molecule has 0 aliphatic carbocycles. The van der Waals surface area contributed by atoms with Crippen molar-refractivity contribution in [3.63, 3.8) is 0 Å². The van der Waals surface area contributed by atoms with Crippen LogP contribution >= 0.6 is 0 Å². The Balaban J connectivity index is 1.68. The number of nitrogens with one attached hydrogen (secondary N) is 1. The number of hydrogen-bond donors (Lipinski definition) is 1. The molecular weight excluding hydrogens is 340 g/mol. The standard InChI is InChI=1S/C22H24N2O3/c1-27-19-10-3-2-9-18(19)16-7-4-8-17(15-16)20(25)24-14-6-12-22(24)11-5-13-23-21(22)26/h2-4,7-10,15H,5-6,11-14H2,1H3,(H,23,26). The number of carbonyl (C=O) groups excluding carboxylic acids is 2. The Hall–Kier alpha value is -2.82. The molecule has 2 aliphatic heterocycles. The van der Waals surface area contributed by atoms with Crippen LogP contribution in [-0.4, -0.2) is 42.5 Å². The Labute approximate surface area is 159 Å². The molecular formula is C22H24N2O3. The summed E-state index contributed by atoms with van der Waals surface area (Å²) >= 11 is 0. The number of nitrogens with zero attached hydrogens (tertiary/aromatic N) is 1. The van der Waals surface area contributed by atoms with Crippen molar-refractivity contribution in [2.75, 3.05) is 20.2 Å². The molecule has 4 rings (SSSR count). The van der Waals surface area contributed by atoms with E-state index in [4.69, 9.17) is 4.74 Å². The number of carbonyl (C=O) groups is 2. The van der Waals surface area contributed by atoms with Crippen molar-refractivity contribution in [2.24, 2.45) is 0 Å². The average molecular weight is 364 g/mol. The summed E-state index contributed by atoms with van der Waals surface area (Å²) in [6.45, 7) is 1.33. The Kier molecular flexibility index (Phi) is 4.60. The van der Waals surface area contributed by atoms with Gasteiger partial charge in [0.25, 0.3) is 5.91 Å². The van der Waals surface area contributed by atoms with Gasteiger partial charge in [-0.25, -0.2) is 0 Å². The third-order valence-electron chi connectivity index (χ3n) is 5.74. The Morgan fingerprint density at radius 3 is 2.74 bits per heavy atom. The zero-order chi connectivity index (χ0) is 18.9. The van der Waals surface area contributed by atoms with Crippen molar-refractivity contribution < 1.29 is 14.3 Å². The summed E-state index contributed by atoms with van der Waals surface area (Å²) in [7, 11) is 1.64. The summed E-state index contributed by atoms with van der Waals surface area (Å²) in [5.41, 5.74) is 1.81.